The van der Waals surface area contributed by atoms with Crippen LogP contribution in [0.15, 0.2) is 24.3 Å². The van der Waals surface area contributed by atoms with Crippen LogP contribution >= 0.6 is 0 Å². The highest BCUT2D eigenvalue weighted by Gasteiger charge is 2.49. The number of likely N-dealkylation sites (tertiary alicyclic amines) is 1. The fourth-order valence-corrected chi connectivity index (χ4v) is 4.71. The van der Waals surface area contributed by atoms with Crippen LogP contribution in [0, 0.1) is 17.8 Å². The number of hydrogen-bond donors (Lipinski definition) is 1. The molecule has 3 aliphatic rings. The van der Waals surface area contributed by atoms with E-state index in [9.17, 15) is 18.0 Å². The molecule has 3 aliphatic heterocycles. The predicted molar refractivity (Wildman–Crippen MR) is 95.8 cm³/mol. The van der Waals surface area contributed by atoms with Crippen molar-refractivity contribution in [2.75, 3.05) is 39.5 Å². The van der Waals surface area contributed by atoms with Gasteiger partial charge in [-0.1, -0.05) is 18.2 Å². The third-order valence-corrected chi connectivity index (χ3v) is 6.05. The standard InChI is InChI=1S/C20H25F3N2O3/c21-20(22,23)12-24-19(26)15-10-25(9-13-5-7-27-8-6-13)18-14-3-1-2-4-17(14)28-11-16(15)18/h1-4,13,15-16,18H,5-12H2,(H,24,26)/t15-,16+,18+/m1/s1. The van der Waals surface area contributed by atoms with Crippen LogP contribution in [0.2, 0.25) is 0 Å². The maximum atomic E-state index is 12.6. The molecule has 5 nitrogen and oxygen atoms in total. The summed E-state index contributed by atoms with van der Waals surface area (Å²) in [6, 6.07) is 7.75. The number of halogens is 3. The van der Waals surface area contributed by atoms with Crippen molar-refractivity contribution in [2.45, 2.75) is 25.1 Å². The lowest BCUT2D eigenvalue weighted by Gasteiger charge is -2.36. The molecule has 154 valence electrons. The zero-order valence-corrected chi connectivity index (χ0v) is 15.6. The van der Waals surface area contributed by atoms with E-state index in [-0.39, 0.29) is 12.0 Å². The van der Waals surface area contributed by atoms with Crippen LogP contribution < -0.4 is 10.1 Å². The molecule has 1 aromatic rings. The lowest BCUT2D eigenvalue weighted by atomic mass is 9.84. The number of carbonyl (C=O) groups is 1. The normalized spacial score (nSPS) is 28.3. The van der Waals surface area contributed by atoms with E-state index < -0.39 is 24.5 Å². The third-order valence-electron chi connectivity index (χ3n) is 6.05. The Kier molecular flexibility index (Phi) is 5.51. The highest BCUT2D eigenvalue weighted by Crippen LogP contribution is 2.47. The molecule has 1 aromatic carbocycles. The van der Waals surface area contributed by atoms with Crippen LogP contribution in [0.5, 0.6) is 5.75 Å². The van der Waals surface area contributed by atoms with Gasteiger partial charge in [0.15, 0.2) is 0 Å². The summed E-state index contributed by atoms with van der Waals surface area (Å²) in [5.74, 6) is 0.0757. The average Bonchev–Trinajstić information content (AvgIpc) is 3.05. The topological polar surface area (TPSA) is 50.8 Å². The minimum absolute atomic E-state index is 0.00516. The van der Waals surface area contributed by atoms with Gasteiger partial charge in [0.2, 0.25) is 5.91 Å². The Bertz CT molecular complexity index is 706. The number of carbonyl (C=O) groups excluding carboxylic acids is 1. The minimum atomic E-state index is -4.41. The molecule has 0 aromatic heterocycles. The zero-order valence-electron chi connectivity index (χ0n) is 15.6. The number of rotatable bonds is 4. The Hall–Kier alpha value is -1.80. The summed E-state index contributed by atoms with van der Waals surface area (Å²) in [5.41, 5.74) is 1.02. The van der Waals surface area contributed by atoms with Crippen LogP contribution in [0.1, 0.15) is 24.4 Å². The average molecular weight is 398 g/mol. The van der Waals surface area contributed by atoms with Crippen LogP contribution in [0.3, 0.4) is 0 Å². The Morgan fingerprint density at radius 3 is 2.71 bits per heavy atom. The van der Waals surface area contributed by atoms with E-state index >= 15 is 0 Å². The van der Waals surface area contributed by atoms with Crippen molar-refractivity contribution in [2.24, 2.45) is 17.8 Å². The molecule has 0 spiro atoms. The lowest BCUT2D eigenvalue weighted by Crippen LogP contribution is -2.41. The number of para-hydroxylation sites is 1. The van der Waals surface area contributed by atoms with Gasteiger partial charge < -0.3 is 14.8 Å². The van der Waals surface area contributed by atoms with Gasteiger partial charge in [-0.2, -0.15) is 13.2 Å². The van der Waals surface area contributed by atoms with Crippen molar-refractivity contribution < 1.29 is 27.4 Å². The van der Waals surface area contributed by atoms with Crippen LogP contribution in [0.25, 0.3) is 0 Å². The molecule has 3 atom stereocenters. The third kappa shape index (κ3) is 4.12. The minimum Gasteiger partial charge on any atom is -0.493 e. The second-order valence-electron chi connectivity index (χ2n) is 7.91. The molecule has 2 saturated heterocycles. The number of nitrogens with one attached hydrogen (secondary N) is 1. The van der Waals surface area contributed by atoms with Crippen molar-refractivity contribution in [3.8, 4) is 5.75 Å². The Labute approximate surface area is 162 Å². The fourth-order valence-electron chi connectivity index (χ4n) is 4.71. The van der Waals surface area contributed by atoms with Gasteiger partial charge in [0.1, 0.15) is 12.3 Å². The molecule has 4 rings (SSSR count). The quantitative estimate of drug-likeness (QED) is 0.848. The van der Waals surface area contributed by atoms with Gasteiger partial charge in [0.05, 0.1) is 12.5 Å². The number of alkyl halides is 3. The van der Waals surface area contributed by atoms with E-state index in [1.807, 2.05) is 24.3 Å². The molecular formula is C20H25F3N2O3. The van der Waals surface area contributed by atoms with E-state index in [0.717, 1.165) is 43.9 Å². The molecule has 1 amide bonds. The molecule has 0 radical (unpaired) electrons. The highest BCUT2D eigenvalue weighted by atomic mass is 19.4. The van der Waals surface area contributed by atoms with Gasteiger partial charge in [0.25, 0.3) is 0 Å². The van der Waals surface area contributed by atoms with Gasteiger partial charge in [-0.15, -0.1) is 0 Å². The van der Waals surface area contributed by atoms with Crippen molar-refractivity contribution in [3.63, 3.8) is 0 Å². The van der Waals surface area contributed by atoms with Gasteiger partial charge in [-0.3, -0.25) is 9.69 Å². The number of nitrogens with zero attached hydrogens (tertiary/aromatic N) is 1. The molecular weight excluding hydrogens is 373 g/mol. The molecule has 8 heteroatoms. The second-order valence-corrected chi connectivity index (χ2v) is 7.91. The summed E-state index contributed by atoms with van der Waals surface area (Å²) in [4.78, 5) is 14.9. The molecule has 0 aliphatic carbocycles. The van der Waals surface area contributed by atoms with Gasteiger partial charge >= 0.3 is 6.18 Å². The Morgan fingerprint density at radius 2 is 1.96 bits per heavy atom. The highest BCUT2D eigenvalue weighted by molar-refractivity contribution is 5.80. The van der Waals surface area contributed by atoms with Crippen LogP contribution in [-0.2, 0) is 9.53 Å². The van der Waals surface area contributed by atoms with E-state index in [0.29, 0.717) is 19.1 Å². The predicted octanol–water partition coefficient (Wildman–Crippen LogP) is 2.77. The summed E-state index contributed by atoms with van der Waals surface area (Å²) in [6.07, 6.45) is -2.47. The monoisotopic (exact) mass is 398 g/mol. The van der Waals surface area contributed by atoms with Gasteiger partial charge in [0, 0.05) is 43.8 Å². The maximum absolute atomic E-state index is 12.6. The second kappa shape index (κ2) is 7.91. The van der Waals surface area contributed by atoms with Crippen molar-refractivity contribution in [1.82, 2.24) is 10.2 Å². The van der Waals surface area contributed by atoms with Crippen LogP contribution in [0.4, 0.5) is 13.2 Å². The van der Waals surface area contributed by atoms with Crippen molar-refractivity contribution in [1.29, 1.82) is 0 Å². The first-order chi connectivity index (χ1) is 13.4. The molecule has 0 unspecified atom stereocenters. The molecule has 0 saturated carbocycles. The van der Waals surface area contributed by atoms with E-state index in [2.05, 4.69) is 10.2 Å². The molecule has 0 bridgehead atoms. The number of fused-ring (bicyclic) bond motifs is 3. The molecule has 28 heavy (non-hydrogen) atoms. The molecule has 2 fully saturated rings. The number of amides is 1. The first-order valence-electron chi connectivity index (χ1n) is 9.80. The first-order valence-corrected chi connectivity index (χ1v) is 9.80. The number of ether oxygens (including phenoxy) is 2. The zero-order chi connectivity index (χ0) is 19.7. The first kappa shape index (κ1) is 19.5. The largest absolute Gasteiger partial charge is 0.493 e. The van der Waals surface area contributed by atoms with Crippen molar-refractivity contribution >= 4 is 5.91 Å². The smallest absolute Gasteiger partial charge is 0.405 e. The van der Waals surface area contributed by atoms with Crippen molar-refractivity contribution in [3.05, 3.63) is 29.8 Å². The lowest BCUT2D eigenvalue weighted by molar-refractivity contribution is -0.141. The van der Waals surface area contributed by atoms with Gasteiger partial charge in [-0.05, 0) is 24.8 Å². The molecule has 3 heterocycles. The SMILES string of the molecule is O=C(NCC(F)(F)F)[C@@H]1CN(CC2CCOCC2)[C@H]2c3ccccc3OC[C@@H]12. The van der Waals surface area contributed by atoms with E-state index in [4.69, 9.17) is 9.47 Å². The fraction of sp³-hybridized carbons (Fsp3) is 0.650. The summed E-state index contributed by atoms with van der Waals surface area (Å²) < 4.78 is 49.0. The number of hydrogen-bond acceptors (Lipinski definition) is 4. The molecule has 1 N–H and O–H groups in total. The number of benzene rings is 1. The van der Waals surface area contributed by atoms with E-state index in [1.165, 1.54) is 0 Å². The Morgan fingerprint density at radius 1 is 1.21 bits per heavy atom. The summed E-state index contributed by atoms with van der Waals surface area (Å²) in [5, 5.41) is 2.08. The Balaban J connectivity index is 1.55. The summed E-state index contributed by atoms with van der Waals surface area (Å²) in [7, 11) is 0. The van der Waals surface area contributed by atoms with E-state index in [1.54, 1.807) is 0 Å². The summed E-state index contributed by atoms with van der Waals surface area (Å²) >= 11 is 0. The van der Waals surface area contributed by atoms with Gasteiger partial charge in [-0.25, -0.2) is 0 Å². The summed E-state index contributed by atoms with van der Waals surface area (Å²) in [6.45, 7) is 1.80. The van der Waals surface area contributed by atoms with Crippen LogP contribution in [-0.4, -0.2) is 56.4 Å². The maximum Gasteiger partial charge on any atom is 0.405 e.